The number of hydrogen-bond acceptors (Lipinski definition) is 3. The SMILES string of the molecule is C#CC(=O)NCC(N)C(=O)O. The molecule has 1 atom stereocenters. The summed E-state index contributed by atoms with van der Waals surface area (Å²) in [6.07, 6.45) is 4.68. The molecule has 0 radical (unpaired) electrons. The number of nitrogens with one attached hydrogen (secondary N) is 1. The topological polar surface area (TPSA) is 92.4 Å². The maximum atomic E-state index is 10.3. The Bertz CT molecular complexity index is 206. The summed E-state index contributed by atoms with van der Waals surface area (Å²) in [6.45, 7) is -0.154. The van der Waals surface area contributed by atoms with Crippen LogP contribution in [0.15, 0.2) is 0 Å². The van der Waals surface area contributed by atoms with Crippen molar-refractivity contribution >= 4 is 11.9 Å². The van der Waals surface area contributed by atoms with Crippen molar-refractivity contribution in [3.05, 3.63) is 0 Å². The molecule has 5 heteroatoms. The van der Waals surface area contributed by atoms with E-state index < -0.39 is 17.9 Å². The summed E-state index contributed by atoms with van der Waals surface area (Å²) in [4.78, 5) is 20.4. The number of aliphatic carboxylic acids is 1. The molecule has 0 heterocycles. The van der Waals surface area contributed by atoms with E-state index in [-0.39, 0.29) is 6.54 Å². The van der Waals surface area contributed by atoms with Crippen molar-refractivity contribution < 1.29 is 14.7 Å². The molecule has 60 valence electrons. The minimum atomic E-state index is -1.18. The molecule has 0 bridgehead atoms. The number of carbonyl (C=O) groups excluding carboxylic acids is 1. The fourth-order valence-corrected chi connectivity index (χ4v) is 0.341. The minimum Gasteiger partial charge on any atom is -0.480 e. The maximum Gasteiger partial charge on any atom is 0.322 e. The normalized spacial score (nSPS) is 11.3. The molecule has 0 aliphatic carbocycles. The zero-order valence-corrected chi connectivity index (χ0v) is 5.70. The summed E-state index contributed by atoms with van der Waals surface area (Å²) < 4.78 is 0. The third-order valence-electron chi connectivity index (χ3n) is 0.931. The maximum absolute atomic E-state index is 10.3. The van der Waals surface area contributed by atoms with Crippen molar-refractivity contribution in [2.24, 2.45) is 5.73 Å². The molecule has 0 saturated carbocycles. The van der Waals surface area contributed by atoms with E-state index in [1.807, 2.05) is 0 Å². The Morgan fingerprint density at radius 1 is 1.73 bits per heavy atom. The van der Waals surface area contributed by atoms with Crippen molar-refractivity contribution in [2.75, 3.05) is 6.54 Å². The molecule has 0 aliphatic rings. The van der Waals surface area contributed by atoms with Crippen LogP contribution in [0.1, 0.15) is 0 Å². The zero-order valence-electron chi connectivity index (χ0n) is 5.70. The Kier molecular flexibility index (Phi) is 3.70. The highest BCUT2D eigenvalue weighted by Gasteiger charge is 2.10. The molecular formula is C6H8N2O3. The Balaban J connectivity index is 3.64. The first-order valence-electron chi connectivity index (χ1n) is 2.80. The molecule has 4 N–H and O–H groups in total. The smallest absolute Gasteiger partial charge is 0.322 e. The largest absolute Gasteiger partial charge is 0.480 e. The monoisotopic (exact) mass is 156 g/mol. The highest BCUT2D eigenvalue weighted by atomic mass is 16.4. The summed E-state index contributed by atoms with van der Waals surface area (Å²) >= 11 is 0. The van der Waals surface area contributed by atoms with Gasteiger partial charge in [-0.3, -0.25) is 9.59 Å². The fraction of sp³-hybridized carbons (Fsp3) is 0.333. The van der Waals surface area contributed by atoms with E-state index >= 15 is 0 Å². The van der Waals surface area contributed by atoms with Gasteiger partial charge in [-0.05, 0) is 5.92 Å². The third-order valence-corrected chi connectivity index (χ3v) is 0.931. The van der Waals surface area contributed by atoms with Crippen LogP contribution in [0.3, 0.4) is 0 Å². The number of carbonyl (C=O) groups is 2. The molecule has 0 saturated heterocycles. The molecule has 0 aliphatic heterocycles. The second-order valence-electron chi connectivity index (χ2n) is 1.80. The van der Waals surface area contributed by atoms with Gasteiger partial charge in [0.05, 0.1) is 0 Å². The second-order valence-corrected chi connectivity index (χ2v) is 1.80. The van der Waals surface area contributed by atoms with Crippen molar-refractivity contribution in [2.45, 2.75) is 6.04 Å². The molecule has 11 heavy (non-hydrogen) atoms. The first-order chi connectivity index (χ1) is 5.07. The van der Waals surface area contributed by atoms with E-state index in [1.54, 1.807) is 5.92 Å². The highest BCUT2D eigenvalue weighted by molar-refractivity contribution is 5.93. The van der Waals surface area contributed by atoms with Crippen LogP contribution in [0.4, 0.5) is 0 Å². The van der Waals surface area contributed by atoms with Crippen LogP contribution in [0.2, 0.25) is 0 Å². The summed E-state index contributed by atoms with van der Waals surface area (Å²) in [5.41, 5.74) is 5.04. The van der Waals surface area contributed by atoms with Crippen molar-refractivity contribution in [1.82, 2.24) is 5.32 Å². The standard InChI is InChI=1S/C6H8N2O3/c1-2-5(9)8-3-4(7)6(10)11/h1,4H,3,7H2,(H,8,9)(H,10,11). The van der Waals surface area contributed by atoms with Crippen LogP contribution >= 0.6 is 0 Å². The van der Waals surface area contributed by atoms with Crippen LogP contribution in [-0.2, 0) is 9.59 Å². The van der Waals surface area contributed by atoms with Gasteiger partial charge in [0.15, 0.2) is 0 Å². The first-order valence-corrected chi connectivity index (χ1v) is 2.80. The minimum absolute atomic E-state index is 0.154. The average Bonchev–Trinajstić information content (AvgIpc) is 1.99. The number of terminal acetylenes is 1. The quantitative estimate of drug-likeness (QED) is 0.418. The summed E-state index contributed by atoms with van der Waals surface area (Å²) in [5.74, 6) is -0.0828. The number of carboxylic acid groups (broad SMARTS) is 1. The number of nitrogens with two attached hydrogens (primary N) is 1. The number of amides is 1. The Labute approximate surface area is 63.6 Å². The van der Waals surface area contributed by atoms with E-state index in [4.69, 9.17) is 10.8 Å². The lowest BCUT2D eigenvalue weighted by atomic mass is 10.3. The first kappa shape index (κ1) is 9.46. The fourth-order valence-electron chi connectivity index (χ4n) is 0.341. The van der Waals surface area contributed by atoms with Crippen LogP contribution in [0, 0.1) is 12.3 Å². The lowest BCUT2D eigenvalue weighted by Crippen LogP contribution is -2.42. The molecule has 0 spiro atoms. The lowest BCUT2D eigenvalue weighted by Gasteiger charge is -2.04. The molecule has 5 nitrogen and oxygen atoms in total. The number of hydrogen-bond donors (Lipinski definition) is 3. The van der Waals surface area contributed by atoms with Crippen LogP contribution in [0.25, 0.3) is 0 Å². The molecule has 0 fully saturated rings. The Morgan fingerprint density at radius 2 is 2.27 bits per heavy atom. The van der Waals surface area contributed by atoms with Gasteiger partial charge in [0.2, 0.25) is 0 Å². The molecule has 0 aromatic heterocycles. The average molecular weight is 156 g/mol. The van der Waals surface area contributed by atoms with Gasteiger partial charge >= 0.3 is 5.97 Å². The van der Waals surface area contributed by atoms with Crippen LogP contribution < -0.4 is 11.1 Å². The molecule has 0 aromatic rings. The zero-order chi connectivity index (χ0) is 8.85. The lowest BCUT2D eigenvalue weighted by molar-refractivity contribution is -0.138. The van der Waals surface area contributed by atoms with Gasteiger partial charge in [-0.1, -0.05) is 0 Å². The summed E-state index contributed by atoms with van der Waals surface area (Å²) in [7, 11) is 0. The van der Waals surface area contributed by atoms with Gasteiger partial charge in [0, 0.05) is 6.54 Å². The van der Waals surface area contributed by atoms with E-state index in [0.29, 0.717) is 0 Å². The summed E-state index contributed by atoms with van der Waals surface area (Å²) in [6, 6.07) is -1.10. The van der Waals surface area contributed by atoms with Gasteiger partial charge in [-0.25, -0.2) is 0 Å². The van der Waals surface area contributed by atoms with Gasteiger partial charge in [0.25, 0.3) is 5.91 Å². The Morgan fingerprint density at radius 3 is 2.64 bits per heavy atom. The third kappa shape index (κ3) is 3.95. The molecule has 0 aromatic carbocycles. The predicted octanol–water partition coefficient (Wildman–Crippen LogP) is -1.85. The van der Waals surface area contributed by atoms with E-state index in [9.17, 15) is 9.59 Å². The van der Waals surface area contributed by atoms with E-state index in [2.05, 4.69) is 11.7 Å². The van der Waals surface area contributed by atoms with Gasteiger partial charge in [0.1, 0.15) is 6.04 Å². The van der Waals surface area contributed by atoms with Crippen molar-refractivity contribution in [3.8, 4) is 12.3 Å². The highest BCUT2D eigenvalue weighted by Crippen LogP contribution is 1.74. The van der Waals surface area contributed by atoms with E-state index in [0.717, 1.165) is 0 Å². The Hall–Kier alpha value is -1.54. The number of carboxylic acids is 1. The van der Waals surface area contributed by atoms with Crippen LogP contribution in [-0.4, -0.2) is 29.6 Å². The van der Waals surface area contributed by atoms with Gasteiger partial charge < -0.3 is 16.2 Å². The van der Waals surface area contributed by atoms with E-state index in [1.165, 1.54) is 0 Å². The molecular weight excluding hydrogens is 148 g/mol. The van der Waals surface area contributed by atoms with Crippen molar-refractivity contribution in [1.29, 1.82) is 0 Å². The molecule has 1 unspecified atom stereocenters. The summed E-state index contributed by atoms with van der Waals surface area (Å²) in [5, 5.41) is 10.4. The van der Waals surface area contributed by atoms with Crippen LogP contribution in [0.5, 0.6) is 0 Å². The van der Waals surface area contributed by atoms with Gasteiger partial charge in [-0.15, -0.1) is 6.42 Å². The molecule has 1 amide bonds. The number of rotatable bonds is 3. The predicted molar refractivity (Wildman–Crippen MR) is 37.5 cm³/mol. The van der Waals surface area contributed by atoms with Gasteiger partial charge in [-0.2, -0.15) is 0 Å². The second kappa shape index (κ2) is 4.30. The molecule has 0 rings (SSSR count). The van der Waals surface area contributed by atoms with Crippen molar-refractivity contribution in [3.63, 3.8) is 0 Å².